The molecule has 5 nitrogen and oxygen atoms in total. The fraction of sp³-hybridized carbons (Fsp3) is 0.533. The number of alkyl halides is 3. The molecule has 1 rings (SSSR count). The van der Waals surface area contributed by atoms with E-state index in [4.69, 9.17) is 10.5 Å². The molecule has 2 amide bonds. The molecule has 0 fully saturated rings. The zero-order valence-corrected chi connectivity index (χ0v) is 13.4. The van der Waals surface area contributed by atoms with Crippen LogP contribution in [0.1, 0.15) is 32.8 Å². The van der Waals surface area contributed by atoms with Crippen molar-refractivity contribution in [1.82, 2.24) is 5.32 Å². The van der Waals surface area contributed by atoms with Gasteiger partial charge in [-0.05, 0) is 51.9 Å². The van der Waals surface area contributed by atoms with Crippen LogP contribution in [-0.4, -0.2) is 24.7 Å². The van der Waals surface area contributed by atoms with Gasteiger partial charge >= 0.3 is 12.2 Å². The standard InChI is InChI=1S/C15H22F3N3O2/c1-14(2,3)21-13(22)20-11-6-5-10(15(16,17)18)9-12(11)23-8-4-7-19/h5-6,9H,4,7-8,19H2,1-3H3,(H2,20,21,22). The monoisotopic (exact) mass is 333 g/mol. The van der Waals surface area contributed by atoms with Gasteiger partial charge in [-0.25, -0.2) is 4.79 Å². The van der Waals surface area contributed by atoms with Crippen molar-refractivity contribution in [3.8, 4) is 5.75 Å². The van der Waals surface area contributed by atoms with E-state index in [0.29, 0.717) is 13.0 Å². The molecular weight excluding hydrogens is 311 g/mol. The van der Waals surface area contributed by atoms with E-state index in [1.165, 1.54) is 6.07 Å². The fourth-order valence-corrected chi connectivity index (χ4v) is 1.68. The van der Waals surface area contributed by atoms with Gasteiger partial charge in [-0.2, -0.15) is 13.2 Å². The SMILES string of the molecule is CC(C)(C)NC(=O)Nc1ccc(C(F)(F)F)cc1OCCCN. The van der Waals surface area contributed by atoms with Crippen LogP contribution in [0.3, 0.4) is 0 Å². The highest BCUT2D eigenvalue weighted by Gasteiger charge is 2.31. The number of hydrogen-bond acceptors (Lipinski definition) is 3. The Morgan fingerprint density at radius 1 is 1.26 bits per heavy atom. The van der Waals surface area contributed by atoms with Gasteiger partial charge in [-0.3, -0.25) is 0 Å². The minimum atomic E-state index is -4.49. The van der Waals surface area contributed by atoms with Crippen LogP contribution in [0.5, 0.6) is 5.75 Å². The lowest BCUT2D eigenvalue weighted by Gasteiger charge is -2.22. The summed E-state index contributed by atoms with van der Waals surface area (Å²) >= 11 is 0. The Labute approximate surface area is 133 Å². The second-order valence-electron chi connectivity index (χ2n) is 6.03. The van der Waals surface area contributed by atoms with Crippen LogP contribution in [0.15, 0.2) is 18.2 Å². The first kappa shape index (κ1) is 19.1. The molecular formula is C15H22F3N3O2. The Balaban J connectivity index is 2.97. The van der Waals surface area contributed by atoms with Gasteiger partial charge in [0.2, 0.25) is 0 Å². The molecule has 0 bridgehead atoms. The second-order valence-corrected chi connectivity index (χ2v) is 6.03. The lowest BCUT2D eigenvalue weighted by molar-refractivity contribution is -0.137. The Morgan fingerprint density at radius 3 is 2.43 bits per heavy atom. The maximum Gasteiger partial charge on any atom is 0.416 e. The summed E-state index contributed by atoms with van der Waals surface area (Å²) in [4.78, 5) is 11.9. The van der Waals surface area contributed by atoms with Gasteiger partial charge < -0.3 is 21.1 Å². The summed E-state index contributed by atoms with van der Waals surface area (Å²) in [6, 6.07) is 2.40. The smallest absolute Gasteiger partial charge is 0.416 e. The first-order chi connectivity index (χ1) is 10.5. The van der Waals surface area contributed by atoms with Crippen molar-refractivity contribution in [1.29, 1.82) is 0 Å². The van der Waals surface area contributed by atoms with Crippen molar-refractivity contribution >= 4 is 11.7 Å². The molecule has 0 saturated carbocycles. The van der Waals surface area contributed by atoms with E-state index >= 15 is 0 Å². The third-order valence-corrected chi connectivity index (χ3v) is 2.65. The summed E-state index contributed by atoms with van der Waals surface area (Å²) in [5, 5.41) is 5.16. The normalized spacial score (nSPS) is 12.0. The van der Waals surface area contributed by atoms with Gasteiger partial charge in [0, 0.05) is 5.54 Å². The number of carbonyl (C=O) groups excluding carboxylic acids is 1. The van der Waals surface area contributed by atoms with Crippen molar-refractivity contribution in [3.05, 3.63) is 23.8 Å². The molecule has 23 heavy (non-hydrogen) atoms. The molecule has 0 aliphatic carbocycles. The molecule has 0 spiro atoms. The van der Waals surface area contributed by atoms with Crippen molar-refractivity contribution in [2.45, 2.75) is 38.9 Å². The van der Waals surface area contributed by atoms with Crippen LogP contribution in [0.25, 0.3) is 0 Å². The summed E-state index contributed by atoms with van der Waals surface area (Å²) in [5.41, 5.74) is 4.18. The quantitative estimate of drug-likeness (QED) is 0.723. The van der Waals surface area contributed by atoms with Crippen molar-refractivity contribution < 1.29 is 22.7 Å². The van der Waals surface area contributed by atoms with Crippen LogP contribution in [-0.2, 0) is 6.18 Å². The molecule has 1 aromatic carbocycles. The fourth-order valence-electron chi connectivity index (χ4n) is 1.68. The molecule has 0 unspecified atom stereocenters. The topological polar surface area (TPSA) is 76.4 Å². The number of ether oxygens (including phenoxy) is 1. The van der Waals surface area contributed by atoms with Crippen LogP contribution >= 0.6 is 0 Å². The number of carbonyl (C=O) groups is 1. The molecule has 4 N–H and O–H groups in total. The Kier molecular flexibility index (Phi) is 6.26. The van der Waals surface area contributed by atoms with Crippen molar-refractivity contribution in [2.24, 2.45) is 5.73 Å². The van der Waals surface area contributed by atoms with E-state index in [0.717, 1.165) is 12.1 Å². The highest BCUT2D eigenvalue weighted by Crippen LogP contribution is 2.35. The van der Waals surface area contributed by atoms with E-state index < -0.39 is 23.3 Å². The average Bonchev–Trinajstić information content (AvgIpc) is 2.37. The number of benzene rings is 1. The molecule has 0 aromatic heterocycles. The zero-order chi connectivity index (χ0) is 17.7. The maximum atomic E-state index is 12.8. The average molecular weight is 333 g/mol. The molecule has 8 heteroatoms. The number of nitrogens with two attached hydrogens (primary N) is 1. The third-order valence-electron chi connectivity index (χ3n) is 2.65. The molecule has 0 aliphatic rings. The van der Waals surface area contributed by atoms with Gasteiger partial charge in [0.15, 0.2) is 0 Å². The summed E-state index contributed by atoms with van der Waals surface area (Å²) in [6.45, 7) is 5.88. The van der Waals surface area contributed by atoms with Crippen LogP contribution in [0, 0.1) is 0 Å². The number of anilines is 1. The van der Waals surface area contributed by atoms with Crippen molar-refractivity contribution in [2.75, 3.05) is 18.5 Å². The maximum absolute atomic E-state index is 12.8. The first-order valence-electron chi connectivity index (χ1n) is 7.16. The molecule has 130 valence electrons. The van der Waals surface area contributed by atoms with Gasteiger partial charge in [0.25, 0.3) is 0 Å². The summed E-state index contributed by atoms with van der Waals surface area (Å²) < 4.78 is 43.7. The molecule has 0 saturated heterocycles. The lowest BCUT2D eigenvalue weighted by Crippen LogP contribution is -2.43. The highest BCUT2D eigenvalue weighted by atomic mass is 19.4. The minimum Gasteiger partial charge on any atom is -0.491 e. The van der Waals surface area contributed by atoms with Gasteiger partial charge in [0.1, 0.15) is 5.75 Å². The number of amides is 2. The second kappa shape index (κ2) is 7.54. The molecule has 0 atom stereocenters. The molecule has 0 aliphatic heterocycles. The lowest BCUT2D eigenvalue weighted by atomic mass is 10.1. The molecule has 0 radical (unpaired) electrons. The van der Waals surface area contributed by atoms with E-state index in [2.05, 4.69) is 10.6 Å². The number of halogens is 3. The van der Waals surface area contributed by atoms with Gasteiger partial charge in [-0.1, -0.05) is 0 Å². The largest absolute Gasteiger partial charge is 0.491 e. The van der Waals surface area contributed by atoms with E-state index in [-0.39, 0.29) is 18.0 Å². The van der Waals surface area contributed by atoms with E-state index in [1.807, 2.05) is 0 Å². The van der Waals surface area contributed by atoms with Crippen LogP contribution in [0.2, 0.25) is 0 Å². The predicted octanol–water partition coefficient (Wildman–Crippen LogP) is 3.35. The first-order valence-corrected chi connectivity index (χ1v) is 7.16. The summed E-state index contributed by atoms with van der Waals surface area (Å²) in [6.07, 6.45) is -4.00. The number of nitrogens with one attached hydrogen (secondary N) is 2. The number of hydrogen-bond donors (Lipinski definition) is 3. The van der Waals surface area contributed by atoms with Crippen LogP contribution in [0.4, 0.5) is 23.7 Å². The number of urea groups is 1. The van der Waals surface area contributed by atoms with E-state index in [1.54, 1.807) is 20.8 Å². The summed E-state index contributed by atoms with van der Waals surface area (Å²) in [7, 11) is 0. The predicted molar refractivity (Wildman–Crippen MR) is 82.5 cm³/mol. The van der Waals surface area contributed by atoms with Gasteiger partial charge in [-0.15, -0.1) is 0 Å². The van der Waals surface area contributed by atoms with Gasteiger partial charge in [0.05, 0.1) is 17.9 Å². The third kappa shape index (κ3) is 6.77. The molecule has 0 heterocycles. The highest BCUT2D eigenvalue weighted by molar-refractivity contribution is 5.91. The Bertz CT molecular complexity index is 540. The van der Waals surface area contributed by atoms with Crippen molar-refractivity contribution in [3.63, 3.8) is 0 Å². The zero-order valence-electron chi connectivity index (χ0n) is 13.4. The Morgan fingerprint density at radius 2 is 1.91 bits per heavy atom. The van der Waals surface area contributed by atoms with E-state index in [9.17, 15) is 18.0 Å². The Hall–Kier alpha value is -1.96. The number of rotatable bonds is 5. The summed E-state index contributed by atoms with van der Waals surface area (Å²) in [5.74, 6) is -0.0441. The minimum absolute atomic E-state index is 0.0441. The molecule has 1 aromatic rings. The van der Waals surface area contributed by atoms with Crippen LogP contribution < -0.4 is 21.1 Å².